The van der Waals surface area contributed by atoms with Crippen LogP contribution in [-0.4, -0.2) is 22.8 Å². The zero-order valence-electron chi connectivity index (χ0n) is 11.1. The molecular weight excluding hydrogens is 386 g/mol. The average Bonchev–Trinajstić information content (AvgIpc) is 2.39. The number of thioether (sulfide) groups is 1. The van der Waals surface area contributed by atoms with Gasteiger partial charge < -0.3 is 24.0 Å². The number of hydrogen-bond acceptors (Lipinski definition) is 1. The highest BCUT2D eigenvalue weighted by Gasteiger charge is 2.42. The molecule has 1 aromatic carbocycles. The Kier molecular flexibility index (Phi) is 4.67. The summed E-state index contributed by atoms with van der Waals surface area (Å²) < 4.78 is 39.2. The third kappa shape index (κ3) is 3.09. The van der Waals surface area contributed by atoms with Crippen molar-refractivity contribution in [1.82, 2.24) is 0 Å². The predicted molar refractivity (Wildman–Crippen MR) is 67.9 cm³/mol. The molecule has 0 bridgehead atoms. The van der Waals surface area contributed by atoms with Gasteiger partial charge in [-0.15, -0.1) is 0 Å². The van der Waals surface area contributed by atoms with E-state index in [1.54, 1.807) is 12.1 Å². The minimum absolute atomic E-state index is 0. The molecule has 0 aliphatic carbocycles. The third-order valence-electron chi connectivity index (χ3n) is 3.64. The zero-order valence-corrected chi connectivity index (χ0v) is 14.1. The smallest absolute Gasteiger partial charge is 0.446 e. The number of nitrogens with zero attached hydrogens (tertiary/aromatic N) is 1. The highest BCUT2D eigenvalue weighted by Crippen LogP contribution is 2.43. The summed E-state index contributed by atoms with van der Waals surface area (Å²) in [5.41, 5.74) is -1.36. The van der Waals surface area contributed by atoms with Gasteiger partial charge in [-0.2, -0.15) is 13.2 Å². The van der Waals surface area contributed by atoms with E-state index in [1.807, 2.05) is 32.4 Å². The molecule has 1 nitrogen and oxygen atoms in total. The lowest BCUT2D eigenvalue weighted by molar-refractivity contribution is -0.403. The molecule has 0 spiro atoms. The summed E-state index contributed by atoms with van der Waals surface area (Å²) in [6, 6.07) is 4.95. The normalized spacial score (nSPS) is 17.2. The number of rotatable bonds is 1. The van der Waals surface area contributed by atoms with Crippen LogP contribution in [0.5, 0.6) is 0 Å². The first-order chi connectivity index (χ1) is 8.13. The maximum Gasteiger partial charge on any atom is 0.446 e. The molecule has 1 aliphatic rings. The van der Waals surface area contributed by atoms with E-state index in [9.17, 15) is 13.2 Å². The molecule has 1 aliphatic heterocycles. The van der Waals surface area contributed by atoms with Crippen LogP contribution in [0.2, 0.25) is 0 Å². The van der Waals surface area contributed by atoms with Gasteiger partial charge in [0.1, 0.15) is 7.05 Å². The topological polar surface area (TPSA) is 3.01 Å². The van der Waals surface area contributed by atoms with Gasteiger partial charge in [-0.25, -0.2) is 4.58 Å². The van der Waals surface area contributed by atoms with Crippen LogP contribution in [0.15, 0.2) is 23.1 Å². The van der Waals surface area contributed by atoms with Crippen LogP contribution in [0.1, 0.15) is 26.3 Å². The van der Waals surface area contributed by atoms with E-state index in [4.69, 9.17) is 0 Å². The number of alkyl halides is 3. The minimum Gasteiger partial charge on any atom is -1.00 e. The van der Waals surface area contributed by atoms with E-state index in [-0.39, 0.29) is 46.0 Å². The summed E-state index contributed by atoms with van der Waals surface area (Å²) in [5, 5.41) is 0. The fourth-order valence-corrected chi connectivity index (χ4v) is 2.88. The zero-order chi connectivity index (χ0) is 13.7. The van der Waals surface area contributed by atoms with Crippen LogP contribution in [0.25, 0.3) is 0 Å². The van der Waals surface area contributed by atoms with Gasteiger partial charge in [-0.1, -0.05) is 0 Å². The molecule has 6 heteroatoms. The molecule has 0 fully saturated rings. The number of hydrogen-bond donors (Lipinski definition) is 0. The van der Waals surface area contributed by atoms with Gasteiger partial charge in [0.15, 0.2) is 5.71 Å². The molecule has 1 aromatic rings. The van der Waals surface area contributed by atoms with Crippen LogP contribution >= 0.6 is 11.8 Å². The van der Waals surface area contributed by atoms with Crippen LogP contribution < -0.4 is 24.0 Å². The van der Waals surface area contributed by atoms with Gasteiger partial charge in [-0.3, -0.25) is 0 Å². The molecule has 2 rings (SSSR count). The summed E-state index contributed by atoms with van der Waals surface area (Å²) in [6.07, 6.45) is 0. The average molecular weight is 401 g/mol. The van der Waals surface area contributed by atoms with E-state index < -0.39 is 5.51 Å². The summed E-state index contributed by atoms with van der Waals surface area (Å²) in [7, 11) is 1.94. The summed E-state index contributed by atoms with van der Waals surface area (Å²) in [5.74, 6) is 0. The van der Waals surface area contributed by atoms with Crippen molar-refractivity contribution in [3.05, 3.63) is 23.8 Å². The van der Waals surface area contributed by atoms with E-state index in [0.717, 1.165) is 17.0 Å². The van der Waals surface area contributed by atoms with Crippen molar-refractivity contribution in [1.29, 1.82) is 0 Å². The summed E-state index contributed by atoms with van der Waals surface area (Å²) >= 11 is -0.0578. The molecular formula is C13H15F3INS. The standard InChI is InChI=1S/C13H15F3NS.HI/c1-8-12(2,3)10-7-9(18-13(14,15)16)5-6-11(10)17(8)4;/h5-7H,1-4H3;1H/q+1;/p-1. The van der Waals surface area contributed by atoms with Crippen molar-refractivity contribution in [3.63, 3.8) is 0 Å². The first-order valence-corrected chi connectivity index (χ1v) is 6.42. The summed E-state index contributed by atoms with van der Waals surface area (Å²) in [4.78, 5) is 0.248. The van der Waals surface area contributed by atoms with Crippen molar-refractivity contribution in [2.75, 3.05) is 7.05 Å². The maximum atomic E-state index is 12.4. The Morgan fingerprint density at radius 1 is 1.21 bits per heavy atom. The molecule has 0 unspecified atom stereocenters. The fourth-order valence-electron chi connectivity index (χ4n) is 2.30. The van der Waals surface area contributed by atoms with Crippen molar-refractivity contribution < 1.29 is 41.7 Å². The highest BCUT2D eigenvalue weighted by molar-refractivity contribution is 8.00. The Hall–Kier alpha value is -0.240. The van der Waals surface area contributed by atoms with Gasteiger partial charge in [-0.05, 0) is 37.7 Å². The lowest BCUT2D eigenvalue weighted by atomic mass is 9.82. The number of halogens is 4. The molecule has 0 radical (unpaired) electrons. The molecule has 19 heavy (non-hydrogen) atoms. The Morgan fingerprint density at radius 3 is 2.32 bits per heavy atom. The van der Waals surface area contributed by atoms with E-state index in [0.29, 0.717) is 0 Å². The summed E-state index contributed by atoms with van der Waals surface area (Å²) in [6.45, 7) is 6.08. The van der Waals surface area contributed by atoms with Crippen molar-refractivity contribution in [3.8, 4) is 0 Å². The van der Waals surface area contributed by atoms with Crippen molar-refractivity contribution in [2.24, 2.45) is 0 Å². The minimum atomic E-state index is -4.23. The van der Waals surface area contributed by atoms with E-state index >= 15 is 0 Å². The molecule has 0 aromatic heterocycles. The van der Waals surface area contributed by atoms with Crippen molar-refractivity contribution in [2.45, 2.75) is 36.6 Å². The van der Waals surface area contributed by atoms with Gasteiger partial charge >= 0.3 is 5.51 Å². The second-order valence-corrected chi connectivity index (χ2v) is 6.13. The van der Waals surface area contributed by atoms with Gasteiger partial charge in [0.05, 0.1) is 5.41 Å². The predicted octanol–water partition coefficient (Wildman–Crippen LogP) is 1.33. The molecule has 0 N–H and O–H groups in total. The molecule has 1 heterocycles. The van der Waals surface area contributed by atoms with Crippen LogP contribution in [0.4, 0.5) is 18.9 Å². The monoisotopic (exact) mass is 401 g/mol. The van der Waals surface area contributed by atoms with E-state index in [2.05, 4.69) is 0 Å². The van der Waals surface area contributed by atoms with Crippen molar-refractivity contribution >= 4 is 23.2 Å². The Balaban J connectivity index is 0.00000180. The van der Waals surface area contributed by atoms with Gasteiger partial charge in [0.25, 0.3) is 0 Å². The first kappa shape index (κ1) is 16.8. The quantitative estimate of drug-likeness (QED) is 0.390. The second kappa shape index (κ2) is 5.27. The molecule has 106 valence electrons. The molecule has 0 saturated carbocycles. The van der Waals surface area contributed by atoms with Crippen LogP contribution in [-0.2, 0) is 5.41 Å². The lowest BCUT2D eigenvalue weighted by Crippen LogP contribution is -3.00. The van der Waals surface area contributed by atoms with Crippen LogP contribution in [0.3, 0.4) is 0 Å². The van der Waals surface area contributed by atoms with Crippen LogP contribution in [0, 0.1) is 0 Å². The van der Waals surface area contributed by atoms with Gasteiger partial charge in [0.2, 0.25) is 5.69 Å². The van der Waals surface area contributed by atoms with E-state index in [1.165, 1.54) is 6.07 Å². The maximum absolute atomic E-state index is 12.4. The largest absolute Gasteiger partial charge is 1.00 e. The lowest BCUT2D eigenvalue weighted by Gasteiger charge is -2.16. The third-order valence-corrected chi connectivity index (χ3v) is 4.37. The number of fused-ring (bicyclic) bond motifs is 1. The molecule has 0 atom stereocenters. The first-order valence-electron chi connectivity index (χ1n) is 5.61. The Labute approximate surface area is 132 Å². The SMILES string of the molecule is CC1=[N+](C)c2ccc(SC(F)(F)F)cc2C1(C)C.[I-]. The Bertz CT molecular complexity index is 535. The molecule has 0 amide bonds. The fraction of sp³-hybridized carbons (Fsp3) is 0.462. The van der Waals surface area contributed by atoms with Gasteiger partial charge in [0, 0.05) is 23.4 Å². The Morgan fingerprint density at radius 2 is 1.79 bits per heavy atom. The second-order valence-electron chi connectivity index (χ2n) is 5.00. The number of benzene rings is 1. The molecule has 0 saturated heterocycles. The highest BCUT2D eigenvalue weighted by atomic mass is 127.